The fraction of sp³-hybridized carbons (Fsp3) is 0.318. The van der Waals surface area contributed by atoms with E-state index in [1.807, 2.05) is 36.1 Å². The van der Waals surface area contributed by atoms with Gasteiger partial charge in [0.15, 0.2) is 0 Å². The molecule has 25 heavy (non-hydrogen) atoms. The fourth-order valence-electron chi connectivity index (χ4n) is 3.48. The molecule has 0 spiro atoms. The van der Waals surface area contributed by atoms with Crippen molar-refractivity contribution in [3.63, 3.8) is 0 Å². The van der Waals surface area contributed by atoms with E-state index in [1.54, 1.807) is 0 Å². The van der Waals surface area contributed by atoms with Gasteiger partial charge in [-0.2, -0.15) is 0 Å². The number of allylic oxidation sites excluding steroid dienone is 1. The summed E-state index contributed by atoms with van der Waals surface area (Å²) < 4.78 is 0. The van der Waals surface area contributed by atoms with Gasteiger partial charge in [-0.3, -0.25) is 4.90 Å². The minimum atomic E-state index is -0.389. The smallest absolute Gasteiger partial charge is 0.308 e. The number of carbonyl (C=O) groups is 1. The molecule has 2 amide bonds. The molecule has 0 saturated carbocycles. The Labute approximate surface area is 150 Å². The van der Waals surface area contributed by atoms with Gasteiger partial charge in [-0.05, 0) is 69.5 Å². The summed E-state index contributed by atoms with van der Waals surface area (Å²) in [5, 5.41) is 3.04. The third kappa shape index (κ3) is 3.32. The molecule has 0 saturated heterocycles. The zero-order valence-electron chi connectivity index (χ0n) is 15.7. The van der Waals surface area contributed by atoms with E-state index in [4.69, 9.17) is 0 Å². The van der Waals surface area contributed by atoms with E-state index in [0.717, 1.165) is 23.4 Å². The Morgan fingerprint density at radius 3 is 2.40 bits per heavy atom. The molecular weight excluding hydrogens is 308 g/mol. The number of carbonyl (C=O) groups excluding carboxylic acids is 1. The highest BCUT2D eigenvalue weighted by molar-refractivity contribution is 6.06. The lowest BCUT2D eigenvalue weighted by Crippen LogP contribution is -2.50. The zero-order chi connectivity index (χ0) is 18.2. The molecule has 130 valence electrons. The van der Waals surface area contributed by atoms with Crippen LogP contribution in [-0.4, -0.2) is 11.6 Å². The Balaban J connectivity index is 1.99. The highest BCUT2D eigenvalue weighted by Crippen LogP contribution is 2.39. The highest BCUT2D eigenvalue weighted by atomic mass is 16.2. The van der Waals surface area contributed by atoms with Gasteiger partial charge in [-0.25, -0.2) is 4.79 Å². The van der Waals surface area contributed by atoms with E-state index < -0.39 is 0 Å². The lowest BCUT2D eigenvalue weighted by Gasteiger charge is -2.41. The van der Waals surface area contributed by atoms with Gasteiger partial charge in [-0.1, -0.05) is 36.8 Å². The summed E-state index contributed by atoms with van der Waals surface area (Å²) in [6.07, 6.45) is 3.16. The maximum absolute atomic E-state index is 13.1. The zero-order valence-corrected chi connectivity index (χ0v) is 15.7. The number of aryl methyl sites for hydroxylation is 2. The third-order valence-corrected chi connectivity index (χ3v) is 4.79. The first-order valence-corrected chi connectivity index (χ1v) is 8.82. The topological polar surface area (TPSA) is 32.3 Å². The molecular formula is C22H26N2O. The summed E-state index contributed by atoms with van der Waals surface area (Å²) in [5.74, 6) is 0. The standard InChI is InChI=1S/C22H26N2O/c1-6-17-9-12-20-19(13-17)16(3)14-22(4,5)24(20)21(25)23-18-10-7-15(2)8-11-18/h7-14H,6H2,1-5H3,(H,23,25). The summed E-state index contributed by atoms with van der Waals surface area (Å²) >= 11 is 0. The molecule has 0 fully saturated rings. The molecule has 0 bridgehead atoms. The van der Waals surface area contributed by atoms with Crippen LogP contribution in [0, 0.1) is 6.92 Å². The summed E-state index contributed by atoms with van der Waals surface area (Å²) in [6, 6.07) is 14.1. The van der Waals surface area contributed by atoms with Gasteiger partial charge in [-0.15, -0.1) is 0 Å². The van der Waals surface area contributed by atoms with E-state index in [1.165, 1.54) is 16.7 Å². The normalized spacial score (nSPS) is 15.4. The van der Waals surface area contributed by atoms with Crippen molar-refractivity contribution in [2.75, 3.05) is 10.2 Å². The van der Waals surface area contributed by atoms with Crippen LogP contribution in [0.4, 0.5) is 16.2 Å². The number of hydrogen-bond acceptors (Lipinski definition) is 1. The maximum atomic E-state index is 13.1. The third-order valence-electron chi connectivity index (χ3n) is 4.79. The van der Waals surface area contributed by atoms with Crippen molar-refractivity contribution >= 4 is 23.0 Å². The number of benzene rings is 2. The second-order valence-corrected chi connectivity index (χ2v) is 7.32. The van der Waals surface area contributed by atoms with Gasteiger partial charge < -0.3 is 5.32 Å². The maximum Gasteiger partial charge on any atom is 0.327 e. The molecule has 1 heterocycles. The number of anilines is 2. The molecule has 0 unspecified atom stereocenters. The first-order valence-electron chi connectivity index (χ1n) is 8.82. The molecule has 2 aromatic carbocycles. The van der Waals surface area contributed by atoms with E-state index in [2.05, 4.69) is 57.3 Å². The number of amides is 2. The van der Waals surface area contributed by atoms with Crippen LogP contribution < -0.4 is 10.2 Å². The van der Waals surface area contributed by atoms with Crippen LogP contribution in [0.1, 0.15) is 44.4 Å². The van der Waals surface area contributed by atoms with Gasteiger partial charge in [0.05, 0.1) is 11.2 Å². The first kappa shape index (κ1) is 17.3. The van der Waals surface area contributed by atoms with Crippen LogP contribution in [-0.2, 0) is 6.42 Å². The number of nitrogens with one attached hydrogen (secondary N) is 1. The van der Waals surface area contributed by atoms with Crippen molar-refractivity contribution in [2.45, 2.75) is 46.6 Å². The molecule has 0 atom stereocenters. The SMILES string of the molecule is CCc1ccc2c(c1)C(C)=CC(C)(C)N2C(=O)Nc1ccc(C)cc1. The molecule has 3 nitrogen and oxygen atoms in total. The van der Waals surface area contributed by atoms with Gasteiger partial charge in [0.2, 0.25) is 0 Å². The quantitative estimate of drug-likeness (QED) is 0.740. The predicted molar refractivity (Wildman–Crippen MR) is 106 cm³/mol. The molecule has 3 heteroatoms. The molecule has 0 aliphatic carbocycles. The van der Waals surface area contributed by atoms with Crippen molar-refractivity contribution in [2.24, 2.45) is 0 Å². The number of hydrogen-bond donors (Lipinski definition) is 1. The van der Waals surface area contributed by atoms with Gasteiger partial charge >= 0.3 is 6.03 Å². The Kier molecular flexibility index (Phi) is 4.42. The molecule has 3 rings (SSSR count). The minimum absolute atomic E-state index is 0.108. The van der Waals surface area contributed by atoms with Crippen LogP contribution in [0.15, 0.2) is 48.5 Å². The van der Waals surface area contributed by atoms with E-state index >= 15 is 0 Å². The lowest BCUT2D eigenvalue weighted by molar-refractivity contribution is 0.253. The molecule has 2 aromatic rings. The lowest BCUT2D eigenvalue weighted by atomic mass is 9.88. The molecule has 0 radical (unpaired) electrons. The average Bonchev–Trinajstić information content (AvgIpc) is 2.56. The Morgan fingerprint density at radius 2 is 1.76 bits per heavy atom. The van der Waals surface area contributed by atoms with Crippen LogP contribution >= 0.6 is 0 Å². The summed E-state index contributed by atoms with van der Waals surface area (Å²) in [5.41, 5.74) is 6.19. The van der Waals surface area contributed by atoms with Crippen LogP contribution in [0.2, 0.25) is 0 Å². The number of urea groups is 1. The predicted octanol–water partition coefficient (Wildman–Crippen LogP) is 5.79. The van der Waals surface area contributed by atoms with Crippen LogP contribution in [0.3, 0.4) is 0 Å². The van der Waals surface area contributed by atoms with E-state index in [-0.39, 0.29) is 11.6 Å². The van der Waals surface area contributed by atoms with Crippen molar-refractivity contribution < 1.29 is 4.79 Å². The number of nitrogens with zero attached hydrogens (tertiary/aromatic N) is 1. The Morgan fingerprint density at radius 1 is 1.08 bits per heavy atom. The molecule has 0 aromatic heterocycles. The first-order chi connectivity index (χ1) is 11.8. The van der Waals surface area contributed by atoms with Gasteiger partial charge in [0, 0.05) is 11.3 Å². The van der Waals surface area contributed by atoms with E-state index in [9.17, 15) is 4.79 Å². The fourth-order valence-corrected chi connectivity index (χ4v) is 3.48. The highest BCUT2D eigenvalue weighted by Gasteiger charge is 2.35. The average molecular weight is 334 g/mol. The monoisotopic (exact) mass is 334 g/mol. The summed E-state index contributed by atoms with van der Waals surface area (Å²) in [6.45, 7) is 10.4. The van der Waals surface area contributed by atoms with Crippen molar-refractivity contribution in [1.29, 1.82) is 0 Å². The second kappa shape index (κ2) is 6.40. The molecule has 1 N–H and O–H groups in total. The molecule has 1 aliphatic rings. The Bertz CT molecular complexity index is 832. The van der Waals surface area contributed by atoms with Gasteiger partial charge in [0.1, 0.15) is 0 Å². The summed E-state index contributed by atoms with van der Waals surface area (Å²) in [7, 11) is 0. The van der Waals surface area contributed by atoms with Crippen molar-refractivity contribution in [1.82, 2.24) is 0 Å². The number of fused-ring (bicyclic) bond motifs is 1. The Hall–Kier alpha value is -2.55. The molecule has 1 aliphatic heterocycles. The van der Waals surface area contributed by atoms with Crippen molar-refractivity contribution in [3.8, 4) is 0 Å². The number of rotatable bonds is 2. The van der Waals surface area contributed by atoms with Gasteiger partial charge in [0.25, 0.3) is 0 Å². The van der Waals surface area contributed by atoms with Crippen LogP contribution in [0.5, 0.6) is 0 Å². The summed E-state index contributed by atoms with van der Waals surface area (Å²) in [4.78, 5) is 14.9. The van der Waals surface area contributed by atoms with Crippen molar-refractivity contribution in [3.05, 3.63) is 65.2 Å². The minimum Gasteiger partial charge on any atom is -0.308 e. The largest absolute Gasteiger partial charge is 0.327 e. The van der Waals surface area contributed by atoms with E-state index in [0.29, 0.717) is 0 Å². The second-order valence-electron chi connectivity index (χ2n) is 7.32. The van der Waals surface area contributed by atoms with Crippen LogP contribution in [0.25, 0.3) is 5.57 Å².